The van der Waals surface area contributed by atoms with Crippen molar-refractivity contribution in [3.8, 4) is 5.75 Å². The van der Waals surface area contributed by atoms with Gasteiger partial charge in [-0.25, -0.2) is 0 Å². The summed E-state index contributed by atoms with van der Waals surface area (Å²) in [5.41, 5.74) is 1.99. The van der Waals surface area contributed by atoms with Gasteiger partial charge in [-0.15, -0.1) is 34.2 Å². The van der Waals surface area contributed by atoms with Crippen LogP contribution < -0.4 is 15.4 Å². The van der Waals surface area contributed by atoms with Gasteiger partial charge in [-0.1, -0.05) is 32.0 Å². The molecule has 0 fully saturated rings. The highest BCUT2D eigenvalue weighted by Gasteiger charge is 2.10. The van der Waals surface area contributed by atoms with Crippen molar-refractivity contribution in [1.29, 1.82) is 0 Å². The summed E-state index contributed by atoms with van der Waals surface area (Å²) in [7, 11) is 1.76. The molecule has 0 saturated heterocycles. The lowest BCUT2D eigenvalue weighted by molar-refractivity contribution is 0.271. The molecule has 0 aliphatic rings. The molecule has 7 nitrogen and oxygen atoms in total. The lowest BCUT2D eigenvalue weighted by atomic mass is 10.1. The van der Waals surface area contributed by atoms with Crippen LogP contribution in [0.1, 0.15) is 38.2 Å². The molecule has 3 rings (SSSR count). The first-order chi connectivity index (χ1) is 13.6. The van der Waals surface area contributed by atoms with Crippen LogP contribution in [0.4, 0.5) is 0 Å². The molecule has 1 atom stereocenters. The number of rotatable bonds is 7. The Labute approximate surface area is 189 Å². The summed E-state index contributed by atoms with van der Waals surface area (Å²) in [5, 5.41) is 15.1. The fourth-order valence-electron chi connectivity index (χ4n) is 2.77. The van der Waals surface area contributed by atoms with E-state index in [0.717, 1.165) is 29.4 Å². The SMILES string of the molecule is CN=C(NCc1nnc2ccccn12)NC(C)c1ccc(OCC(C)C)cc1.I. The van der Waals surface area contributed by atoms with E-state index in [-0.39, 0.29) is 30.0 Å². The van der Waals surface area contributed by atoms with Gasteiger partial charge in [0, 0.05) is 13.2 Å². The van der Waals surface area contributed by atoms with Gasteiger partial charge in [0.15, 0.2) is 17.4 Å². The van der Waals surface area contributed by atoms with Crippen molar-refractivity contribution in [3.63, 3.8) is 0 Å². The Morgan fingerprint density at radius 3 is 2.55 bits per heavy atom. The van der Waals surface area contributed by atoms with Crippen LogP contribution in [0.2, 0.25) is 0 Å². The highest BCUT2D eigenvalue weighted by molar-refractivity contribution is 14.0. The Bertz CT molecular complexity index is 922. The molecule has 8 heteroatoms. The van der Waals surface area contributed by atoms with Crippen LogP contribution in [0, 0.1) is 5.92 Å². The highest BCUT2D eigenvalue weighted by atomic mass is 127. The van der Waals surface area contributed by atoms with Gasteiger partial charge in [0.05, 0.1) is 19.2 Å². The summed E-state index contributed by atoms with van der Waals surface area (Å²) in [4.78, 5) is 4.31. The lowest BCUT2D eigenvalue weighted by Crippen LogP contribution is -2.38. The van der Waals surface area contributed by atoms with Crippen LogP contribution >= 0.6 is 24.0 Å². The summed E-state index contributed by atoms with van der Waals surface area (Å²) < 4.78 is 7.71. The van der Waals surface area contributed by atoms with E-state index >= 15 is 0 Å². The second-order valence-corrected chi connectivity index (χ2v) is 7.11. The van der Waals surface area contributed by atoms with E-state index in [4.69, 9.17) is 4.74 Å². The van der Waals surface area contributed by atoms with E-state index in [2.05, 4.69) is 58.7 Å². The number of halogens is 1. The van der Waals surface area contributed by atoms with Crippen molar-refractivity contribution in [1.82, 2.24) is 25.2 Å². The third-order valence-corrected chi connectivity index (χ3v) is 4.34. The Hall–Kier alpha value is -2.36. The minimum Gasteiger partial charge on any atom is -0.493 e. The molecule has 0 spiro atoms. The number of benzene rings is 1. The van der Waals surface area contributed by atoms with Gasteiger partial charge in [0.25, 0.3) is 0 Å². The molecule has 0 radical (unpaired) electrons. The van der Waals surface area contributed by atoms with Crippen molar-refractivity contribution >= 4 is 35.6 Å². The smallest absolute Gasteiger partial charge is 0.191 e. The highest BCUT2D eigenvalue weighted by Crippen LogP contribution is 2.18. The summed E-state index contributed by atoms with van der Waals surface area (Å²) in [6, 6.07) is 14.1. The van der Waals surface area contributed by atoms with Crippen LogP contribution in [0.15, 0.2) is 53.7 Å². The Balaban J connectivity index is 0.00000300. The van der Waals surface area contributed by atoms with Gasteiger partial charge in [0.2, 0.25) is 0 Å². The molecule has 0 bridgehead atoms. The summed E-state index contributed by atoms with van der Waals surface area (Å²) >= 11 is 0. The van der Waals surface area contributed by atoms with Crippen molar-refractivity contribution in [2.75, 3.05) is 13.7 Å². The maximum absolute atomic E-state index is 5.75. The number of aromatic nitrogens is 3. The molecule has 0 aliphatic carbocycles. The second-order valence-electron chi connectivity index (χ2n) is 7.11. The quantitative estimate of drug-likeness (QED) is 0.289. The molecule has 1 aromatic carbocycles. The number of pyridine rings is 1. The topological polar surface area (TPSA) is 75.8 Å². The van der Waals surface area contributed by atoms with Crippen LogP contribution in [0.5, 0.6) is 5.75 Å². The van der Waals surface area contributed by atoms with Crippen molar-refractivity contribution < 1.29 is 4.74 Å². The maximum atomic E-state index is 5.75. The van der Waals surface area contributed by atoms with E-state index < -0.39 is 0 Å². The first-order valence-electron chi connectivity index (χ1n) is 9.55. The molecule has 3 aromatic rings. The van der Waals surface area contributed by atoms with Crippen molar-refractivity contribution in [3.05, 3.63) is 60.0 Å². The molecular weight excluding hydrogens is 479 g/mol. The van der Waals surface area contributed by atoms with Crippen LogP contribution in [-0.4, -0.2) is 34.2 Å². The summed E-state index contributed by atoms with van der Waals surface area (Å²) in [6.07, 6.45) is 1.95. The third kappa shape index (κ3) is 6.31. The van der Waals surface area contributed by atoms with Crippen LogP contribution in [0.3, 0.4) is 0 Å². The summed E-state index contributed by atoms with van der Waals surface area (Å²) in [5.74, 6) is 2.95. The fraction of sp³-hybridized carbons (Fsp3) is 0.381. The van der Waals surface area contributed by atoms with Crippen molar-refractivity contribution in [2.45, 2.75) is 33.4 Å². The molecule has 0 saturated carbocycles. The Kier molecular flexibility index (Phi) is 8.69. The first kappa shape index (κ1) is 22.9. The second kappa shape index (κ2) is 11.0. The minimum atomic E-state index is 0. The molecule has 0 aliphatic heterocycles. The van der Waals surface area contributed by atoms with E-state index in [1.807, 2.05) is 40.9 Å². The van der Waals surface area contributed by atoms with Gasteiger partial charge < -0.3 is 15.4 Å². The third-order valence-electron chi connectivity index (χ3n) is 4.34. The largest absolute Gasteiger partial charge is 0.493 e. The molecule has 0 amide bonds. The van der Waals surface area contributed by atoms with Gasteiger partial charge in [-0.2, -0.15) is 0 Å². The van der Waals surface area contributed by atoms with E-state index in [1.54, 1.807) is 7.05 Å². The lowest BCUT2D eigenvalue weighted by Gasteiger charge is -2.18. The van der Waals surface area contributed by atoms with Gasteiger partial charge >= 0.3 is 0 Å². The predicted octanol–water partition coefficient (Wildman–Crippen LogP) is 3.81. The zero-order valence-corrected chi connectivity index (χ0v) is 19.6. The molecule has 156 valence electrons. The number of ether oxygens (including phenoxy) is 1. The number of hydrogen-bond acceptors (Lipinski definition) is 4. The number of hydrogen-bond donors (Lipinski definition) is 2. The molecule has 1 unspecified atom stereocenters. The average molecular weight is 508 g/mol. The van der Waals surface area contributed by atoms with Gasteiger partial charge in [-0.3, -0.25) is 9.39 Å². The van der Waals surface area contributed by atoms with Gasteiger partial charge in [-0.05, 0) is 42.7 Å². The molecule has 2 aromatic heterocycles. The molecule has 29 heavy (non-hydrogen) atoms. The number of guanidine groups is 1. The van der Waals surface area contributed by atoms with Crippen molar-refractivity contribution in [2.24, 2.45) is 10.9 Å². The normalized spacial score (nSPS) is 12.5. The van der Waals surface area contributed by atoms with Crippen LogP contribution in [-0.2, 0) is 6.54 Å². The van der Waals surface area contributed by atoms with E-state index in [1.165, 1.54) is 0 Å². The number of fused-ring (bicyclic) bond motifs is 1. The first-order valence-corrected chi connectivity index (χ1v) is 9.55. The Morgan fingerprint density at radius 1 is 1.10 bits per heavy atom. The zero-order valence-electron chi connectivity index (χ0n) is 17.3. The van der Waals surface area contributed by atoms with E-state index in [9.17, 15) is 0 Å². The number of aliphatic imine (C=N–C) groups is 1. The number of nitrogens with one attached hydrogen (secondary N) is 2. The molecule has 2 heterocycles. The monoisotopic (exact) mass is 508 g/mol. The Morgan fingerprint density at radius 2 is 1.86 bits per heavy atom. The van der Waals surface area contributed by atoms with Gasteiger partial charge in [0.1, 0.15) is 5.75 Å². The average Bonchev–Trinajstić information content (AvgIpc) is 3.13. The fourth-order valence-corrected chi connectivity index (χ4v) is 2.77. The van der Waals surface area contributed by atoms with Crippen LogP contribution in [0.25, 0.3) is 5.65 Å². The maximum Gasteiger partial charge on any atom is 0.191 e. The van der Waals surface area contributed by atoms with E-state index in [0.29, 0.717) is 18.4 Å². The molecular formula is C21H29IN6O. The minimum absolute atomic E-state index is 0. The number of nitrogens with zero attached hydrogens (tertiary/aromatic N) is 4. The predicted molar refractivity (Wildman–Crippen MR) is 127 cm³/mol. The zero-order chi connectivity index (χ0) is 19.9. The molecule has 2 N–H and O–H groups in total. The summed E-state index contributed by atoms with van der Waals surface area (Å²) in [6.45, 7) is 7.63. The standard InChI is InChI=1S/C21H28N6O.HI/c1-15(2)14-28-18-10-8-17(9-11-18)16(3)24-21(22-4)23-13-20-26-25-19-7-5-6-12-27(19)20;/h5-12,15-16H,13-14H2,1-4H3,(H2,22,23,24);1H.